The zero-order chi connectivity index (χ0) is 11.2. The third-order valence-electron chi connectivity index (χ3n) is 2.18. The summed E-state index contributed by atoms with van der Waals surface area (Å²) in [6, 6.07) is 8.45. The first-order valence-electron chi connectivity index (χ1n) is 5.28. The summed E-state index contributed by atoms with van der Waals surface area (Å²) in [6.07, 6.45) is 3.61. The fraction of sp³-hybridized carbons (Fsp3) is 0.250. The number of hydrogen-bond donors (Lipinski definition) is 2. The molecule has 0 fully saturated rings. The lowest BCUT2D eigenvalue weighted by Crippen LogP contribution is -2.24. The number of pyridine rings is 1. The van der Waals surface area contributed by atoms with E-state index >= 15 is 0 Å². The van der Waals surface area contributed by atoms with Gasteiger partial charge in [0.2, 0.25) is 0 Å². The topological polar surface area (TPSA) is 37.0 Å². The lowest BCUT2D eigenvalue weighted by atomic mass is 10.3. The van der Waals surface area contributed by atoms with Crippen LogP contribution in [0.25, 0.3) is 0 Å². The van der Waals surface area contributed by atoms with E-state index in [0.29, 0.717) is 6.04 Å². The number of thiophene rings is 1. The molecule has 0 spiro atoms. The van der Waals surface area contributed by atoms with E-state index in [0.717, 1.165) is 12.2 Å². The second kappa shape index (κ2) is 5.51. The lowest BCUT2D eigenvalue weighted by Gasteiger charge is -2.15. The van der Waals surface area contributed by atoms with Crippen LogP contribution in [0.4, 0.5) is 10.7 Å². The van der Waals surface area contributed by atoms with Gasteiger partial charge in [0.25, 0.3) is 0 Å². The summed E-state index contributed by atoms with van der Waals surface area (Å²) in [5.41, 5.74) is 1.06. The van der Waals surface area contributed by atoms with Crippen molar-refractivity contribution >= 4 is 22.0 Å². The Bertz CT molecular complexity index is 399. The van der Waals surface area contributed by atoms with Crippen LogP contribution in [-0.4, -0.2) is 17.6 Å². The minimum Gasteiger partial charge on any atom is -0.380 e. The minimum atomic E-state index is 0.367. The van der Waals surface area contributed by atoms with Crippen LogP contribution in [0.1, 0.15) is 6.92 Å². The van der Waals surface area contributed by atoms with Crippen LogP contribution >= 0.6 is 11.3 Å². The van der Waals surface area contributed by atoms with Gasteiger partial charge in [-0.1, -0.05) is 0 Å². The zero-order valence-electron chi connectivity index (χ0n) is 9.18. The van der Waals surface area contributed by atoms with Crippen molar-refractivity contribution in [3.8, 4) is 0 Å². The molecule has 0 aliphatic rings. The molecule has 0 aliphatic carbocycles. The highest BCUT2D eigenvalue weighted by molar-refractivity contribution is 7.14. The van der Waals surface area contributed by atoms with Crippen molar-refractivity contribution in [1.82, 2.24) is 4.98 Å². The molecule has 0 amide bonds. The van der Waals surface area contributed by atoms with E-state index in [4.69, 9.17) is 0 Å². The first kappa shape index (κ1) is 11.0. The maximum Gasteiger partial charge on any atom is 0.0883 e. The molecule has 2 rings (SSSR count). The molecular formula is C12H15N3S. The normalized spacial score (nSPS) is 12.1. The summed E-state index contributed by atoms with van der Waals surface area (Å²) in [5, 5.41) is 10.0. The van der Waals surface area contributed by atoms with Crippen molar-refractivity contribution in [3.63, 3.8) is 0 Å². The largest absolute Gasteiger partial charge is 0.380 e. The van der Waals surface area contributed by atoms with Gasteiger partial charge in [0.05, 0.1) is 10.7 Å². The molecule has 0 bridgehead atoms. The average molecular weight is 233 g/mol. The van der Waals surface area contributed by atoms with E-state index < -0.39 is 0 Å². The number of hydrogen-bond acceptors (Lipinski definition) is 4. The third kappa shape index (κ3) is 3.24. The smallest absolute Gasteiger partial charge is 0.0883 e. The van der Waals surface area contributed by atoms with E-state index in [9.17, 15) is 0 Å². The monoisotopic (exact) mass is 233 g/mol. The maximum atomic E-state index is 4.07. The Balaban J connectivity index is 1.78. The fourth-order valence-electron chi connectivity index (χ4n) is 1.42. The van der Waals surface area contributed by atoms with Gasteiger partial charge in [-0.15, -0.1) is 11.3 Å². The highest BCUT2D eigenvalue weighted by Gasteiger charge is 2.01. The van der Waals surface area contributed by atoms with Crippen LogP contribution in [0.5, 0.6) is 0 Å². The zero-order valence-corrected chi connectivity index (χ0v) is 10.00. The molecule has 0 radical (unpaired) electrons. The van der Waals surface area contributed by atoms with Crippen LogP contribution in [0.15, 0.2) is 42.0 Å². The van der Waals surface area contributed by atoms with Gasteiger partial charge in [-0.05, 0) is 36.6 Å². The Morgan fingerprint density at radius 1 is 1.38 bits per heavy atom. The second-order valence-corrected chi connectivity index (χ2v) is 4.59. The lowest BCUT2D eigenvalue weighted by molar-refractivity contribution is 0.836. The van der Waals surface area contributed by atoms with Gasteiger partial charge in [0, 0.05) is 25.0 Å². The van der Waals surface area contributed by atoms with Crippen molar-refractivity contribution in [2.75, 3.05) is 17.2 Å². The molecule has 2 N–H and O–H groups in total. The van der Waals surface area contributed by atoms with Crippen molar-refractivity contribution in [1.29, 1.82) is 0 Å². The Morgan fingerprint density at radius 2 is 2.31 bits per heavy atom. The highest BCUT2D eigenvalue weighted by atomic mass is 32.1. The van der Waals surface area contributed by atoms with Crippen molar-refractivity contribution in [2.24, 2.45) is 0 Å². The third-order valence-corrected chi connectivity index (χ3v) is 3.01. The Kier molecular flexibility index (Phi) is 3.77. The van der Waals surface area contributed by atoms with Gasteiger partial charge in [-0.25, -0.2) is 0 Å². The van der Waals surface area contributed by atoms with Gasteiger partial charge >= 0.3 is 0 Å². The fourth-order valence-corrected chi connectivity index (χ4v) is 2.04. The predicted octanol–water partition coefficient (Wildman–Crippen LogP) is 3.06. The first-order valence-corrected chi connectivity index (χ1v) is 6.16. The molecule has 84 valence electrons. The number of nitrogens with one attached hydrogen (secondary N) is 2. The van der Waals surface area contributed by atoms with Crippen LogP contribution in [-0.2, 0) is 0 Å². The minimum absolute atomic E-state index is 0.367. The molecular weight excluding hydrogens is 218 g/mol. The Hall–Kier alpha value is -1.55. The van der Waals surface area contributed by atoms with E-state index in [-0.39, 0.29) is 0 Å². The molecule has 16 heavy (non-hydrogen) atoms. The SMILES string of the molecule is CC(CNc1cccs1)Nc1cccnc1. The van der Waals surface area contributed by atoms with Gasteiger partial charge in [0.15, 0.2) is 0 Å². The second-order valence-electron chi connectivity index (χ2n) is 3.65. The molecule has 0 aromatic carbocycles. The van der Waals surface area contributed by atoms with E-state index in [1.807, 2.05) is 24.4 Å². The number of anilines is 2. The number of aromatic nitrogens is 1. The molecule has 2 heterocycles. The maximum absolute atomic E-state index is 4.07. The first-order chi connectivity index (χ1) is 7.84. The van der Waals surface area contributed by atoms with Crippen molar-refractivity contribution in [2.45, 2.75) is 13.0 Å². The molecule has 3 nitrogen and oxygen atoms in total. The molecule has 1 unspecified atom stereocenters. The van der Waals surface area contributed by atoms with E-state index in [1.165, 1.54) is 5.00 Å². The molecule has 0 saturated heterocycles. The quantitative estimate of drug-likeness (QED) is 0.833. The molecule has 2 aromatic rings. The van der Waals surface area contributed by atoms with Crippen LogP contribution < -0.4 is 10.6 Å². The summed E-state index contributed by atoms with van der Waals surface area (Å²) < 4.78 is 0. The van der Waals surface area contributed by atoms with Crippen molar-refractivity contribution in [3.05, 3.63) is 42.0 Å². The van der Waals surface area contributed by atoms with Gasteiger partial charge in [-0.3, -0.25) is 4.98 Å². The Morgan fingerprint density at radius 3 is 3.00 bits per heavy atom. The van der Waals surface area contributed by atoms with Gasteiger partial charge < -0.3 is 10.6 Å². The van der Waals surface area contributed by atoms with Crippen LogP contribution in [0, 0.1) is 0 Å². The molecule has 1 atom stereocenters. The molecule has 0 aliphatic heterocycles. The van der Waals surface area contributed by atoms with Crippen molar-refractivity contribution < 1.29 is 0 Å². The summed E-state index contributed by atoms with van der Waals surface area (Å²) in [4.78, 5) is 4.07. The average Bonchev–Trinajstić information content (AvgIpc) is 2.81. The number of rotatable bonds is 5. The summed E-state index contributed by atoms with van der Waals surface area (Å²) >= 11 is 1.72. The van der Waals surface area contributed by atoms with Gasteiger partial charge in [0.1, 0.15) is 0 Å². The van der Waals surface area contributed by atoms with E-state index in [1.54, 1.807) is 17.5 Å². The van der Waals surface area contributed by atoms with E-state index in [2.05, 4.69) is 34.0 Å². The predicted molar refractivity (Wildman–Crippen MR) is 70.1 cm³/mol. The molecule has 2 aromatic heterocycles. The standard InChI is InChI=1S/C12H15N3S/c1-10(8-14-12-5-3-7-16-12)15-11-4-2-6-13-9-11/h2-7,9-10,14-15H,8H2,1H3. The van der Waals surface area contributed by atoms with Crippen LogP contribution in [0.3, 0.4) is 0 Å². The number of nitrogens with zero attached hydrogens (tertiary/aromatic N) is 1. The Labute approximate surface area is 99.5 Å². The molecule has 4 heteroatoms. The summed E-state index contributed by atoms with van der Waals surface area (Å²) in [7, 11) is 0. The molecule has 0 saturated carbocycles. The van der Waals surface area contributed by atoms with Gasteiger partial charge in [-0.2, -0.15) is 0 Å². The summed E-state index contributed by atoms with van der Waals surface area (Å²) in [5.74, 6) is 0. The van der Waals surface area contributed by atoms with Crippen LogP contribution in [0.2, 0.25) is 0 Å². The highest BCUT2D eigenvalue weighted by Crippen LogP contribution is 2.15. The summed E-state index contributed by atoms with van der Waals surface area (Å²) in [6.45, 7) is 3.04.